The molecule has 0 fully saturated rings. The zero-order valence-corrected chi connectivity index (χ0v) is 5.66. The van der Waals surface area contributed by atoms with E-state index < -0.39 is 0 Å². The molecule has 0 saturated heterocycles. The molecule has 0 aliphatic carbocycles. The Kier molecular flexibility index (Phi) is 2.04. The fourth-order valence-corrected chi connectivity index (χ4v) is 0.684. The van der Waals surface area contributed by atoms with Gasteiger partial charge in [-0.1, -0.05) is 0 Å². The molecule has 0 unspecified atom stereocenters. The number of amides is 1. The summed E-state index contributed by atoms with van der Waals surface area (Å²) in [7, 11) is 1.83. The molecule has 0 aliphatic heterocycles. The van der Waals surface area contributed by atoms with Gasteiger partial charge in [-0.2, -0.15) is 5.10 Å². The van der Waals surface area contributed by atoms with Gasteiger partial charge >= 0.3 is 6.41 Å². The van der Waals surface area contributed by atoms with Gasteiger partial charge in [-0.15, -0.1) is 0 Å². The molecule has 0 atom stereocenters. The van der Waals surface area contributed by atoms with Crippen molar-refractivity contribution >= 4 is 6.41 Å². The maximum atomic E-state index is 9.71. The number of nitrogens with one attached hydrogen (secondary N) is 1. The van der Waals surface area contributed by atoms with Gasteiger partial charge in [0, 0.05) is 13.2 Å². The summed E-state index contributed by atoms with van der Waals surface area (Å²) < 4.78 is 1.68. The van der Waals surface area contributed by atoms with Crippen LogP contribution in [0, 0.1) is 0 Å². The van der Waals surface area contributed by atoms with E-state index in [0.29, 0.717) is 6.54 Å². The van der Waals surface area contributed by atoms with Gasteiger partial charge < -0.3 is 5.32 Å². The summed E-state index contributed by atoms with van der Waals surface area (Å²) in [6.07, 6.45) is 3.40. The summed E-state index contributed by atoms with van der Waals surface area (Å²) >= 11 is 0. The van der Waals surface area contributed by atoms with Crippen molar-refractivity contribution < 1.29 is 4.79 Å². The van der Waals surface area contributed by atoms with Crippen LogP contribution in [-0.2, 0) is 18.4 Å². The van der Waals surface area contributed by atoms with E-state index in [1.165, 1.54) is 0 Å². The SMILES string of the molecule is Cn1ccc(CN[C]=O)n1. The van der Waals surface area contributed by atoms with Crippen molar-refractivity contribution in [2.45, 2.75) is 6.54 Å². The van der Waals surface area contributed by atoms with Crippen LogP contribution in [0.3, 0.4) is 0 Å². The molecular formula is C6H8N3O. The van der Waals surface area contributed by atoms with Crippen molar-refractivity contribution in [3.8, 4) is 0 Å². The van der Waals surface area contributed by atoms with E-state index in [4.69, 9.17) is 0 Å². The van der Waals surface area contributed by atoms with Crippen LogP contribution in [-0.4, -0.2) is 16.2 Å². The molecule has 0 bridgehead atoms. The van der Waals surface area contributed by atoms with Gasteiger partial charge in [-0.05, 0) is 6.07 Å². The molecule has 1 rings (SSSR count). The predicted octanol–water partition coefficient (Wildman–Crippen LogP) is -0.423. The smallest absolute Gasteiger partial charge is 0.309 e. The lowest BCUT2D eigenvalue weighted by atomic mass is 10.4. The third-order valence-corrected chi connectivity index (χ3v) is 1.11. The largest absolute Gasteiger partial charge is 0.342 e. The van der Waals surface area contributed by atoms with E-state index in [1.54, 1.807) is 11.1 Å². The second-order valence-electron chi connectivity index (χ2n) is 1.94. The Hall–Kier alpha value is -1.32. The zero-order chi connectivity index (χ0) is 7.40. The summed E-state index contributed by atoms with van der Waals surface area (Å²) in [5, 5.41) is 6.42. The van der Waals surface area contributed by atoms with Gasteiger partial charge in [0.05, 0.1) is 12.2 Å². The molecule has 0 aromatic carbocycles. The van der Waals surface area contributed by atoms with E-state index in [1.807, 2.05) is 19.3 Å². The molecule has 53 valence electrons. The zero-order valence-electron chi connectivity index (χ0n) is 5.66. The summed E-state index contributed by atoms with van der Waals surface area (Å²) in [4.78, 5) is 9.71. The Morgan fingerprint density at radius 3 is 3.20 bits per heavy atom. The second-order valence-corrected chi connectivity index (χ2v) is 1.94. The molecule has 1 heterocycles. The fourth-order valence-electron chi connectivity index (χ4n) is 0.684. The molecule has 0 spiro atoms. The molecule has 4 nitrogen and oxygen atoms in total. The number of hydrogen-bond donors (Lipinski definition) is 1. The van der Waals surface area contributed by atoms with E-state index in [0.717, 1.165) is 5.69 Å². The Labute approximate surface area is 58.8 Å². The lowest BCUT2D eigenvalue weighted by molar-refractivity contribution is 0.540. The van der Waals surface area contributed by atoms with Crippen molar-refractivity contribution in [2.24, 2.45) is 7.05 Å². The highest BCUT2D eigenvalue weighted by molar-refractivity contribution is 5.46. The minimum absolute atomic E-state index is 0.449. The van der Waals surface area contributed by atoms with Crippen LogP contribution in [0.15, 0.2) is 12.3 Å². The van der Waals surface area contributed by atoms with E-state index in [2.05, 4.69) is 10.4 Å². The highest BCUT2D eigenvalue weighted by atomic mass is 16.1. The van der Waals surface area contributed by atoms with Crippen molar-refractivity contribution in [3.63, 3.8) is 0 Å². The lowest BCUT2D eigenvalue weighted by Gasteiger charge is -1.90. The van der Waals surface area contributed by atoms with Gasteiger partial charge in [0.2, 0.25) is 0 Å². The average molecular weight is 138 g/mol. The van der Waals surface area contributed by atoms with Gasteiger partial charge in [-0.3, -0.25) is 9.48 Å². The number of nitrogens with zero attached hydrogens (tertiary/aromatic N) is 2. The topological polar surface area (TPSA) is 46.9 Å². The minimum Gasteiger partial charge on any atom is -0.342 e. The quantitative estimate of drug-likeness (QED) is 0.576. The molecular weight excluding hydrogens is 130 g/mol. The third kappa shape index (κ3) is 1.58. The third-order valence-electron chi connectivity index (χ3n) is 1.11. The van der Waals surface area contributed by atoms with Crippen LogP contribution in [0.1, 0.15) is 5.69 Å². The fraction of sp³-hybridized carbons (Fsp3) is 0.333. The molecule has 1 amide bonds. The number of rotatable bonds is 3. The van der Waals surface area contributed by atoms with E-state index in [9.17, 15) is 4.79 Å². The molecule has 1 aromatic rings. The maximum Gasteiger partial charge on any atom is 0.309 e. The molecule has 1 aromatic heterocycles. The number of aromatic nitrogens is 2. The first-order valence-electron chi connectivity index (χ1n) is 2.91. The van der Waals surface area contributed by atoms with E-state index in [-0.39, 0.29) is 0 Å². The molecule has 0 aliphatic rings. The van der Waals surface area contributed by atoms with Crippen molar-refractivity contribution in [1.82, 2.24) is 15.1 Å². The molecule has 1 radical (unpaired) electrons. The summed E-state index contributed by atoms with van der Waals surface area (Å²) in [6, 6.07) is 1.84. The van der Waals surface area contributed by atoms with Crippen molar-refractivity contribution in [3.05, 3.63) is 18.0 Å². The lowest BCUT2D eigenvalue weighted by Crippen LogP contribution is -2.10. The Balaban J connectivity index is 2.49. The summed E-state index contributed by atoms with van der Waals surface area (Å²) in [5.41, 5.74) is 0.839. The minimum atomic E-state index is 0.449. The Bertz CT molecular complexity index is 219. The first-order valence-corrected chi connectivity index (χ1v) is 2.91. The molecule has 4 heteroatoms. The van der Waals surface area contributed by atoms with Crippen LogP contribution in [0.5, 0.6) is 0 Å². The highest BCUT2D eigenvalue weighted by Gasteiger charge is 1.92. The Morgan fingerprint density at radius 1 is 1.90 bits per heavy atom. The number of hydrogen-bond acceptors (Lipinski definition) is 2. The molecule has 10 heavy (non-hydrogen) atoms. The average Bonchev–Trinajstić information content (AvgIpc) is 2.31. The maximum absolute atomic E-state index is 9.71. The van der Waals surface area contributed by atoms with Crippen LogP contribution in [0.4, 0.5) is 0 Å². The van der Waals surface area contributed by atoms with E-state index >= 15 is 0 Å². The summed E-state index contributed by atoms with van der Waals surface area (Å²) in [5.74, 6) is 0. The van der Waals surface area contributed by atoms with Crippen LogP contribution in [0.25, 0.3) is 0 Å². The Morgan fingerprint density at radius 2 is 2.70 bits per heavy atom. The monoisotopic (exact) mass is 138 g/mol. The normalized spacial score (nSPS) is 9.30. The number of carbonyl (C=O) groups excluding carboxylic acids is 1. The van der Waals surface area contributed by atoms with Crippen LogP contribution in [0.2, 0.25) is 0 Å². The van der Waals surface area contributed by atoms with Gasteiger partial charge in [0.1, 0.15) is 0 Å². The van der Waals surface area contributed by atoms with Crippen LogP contribution < -0.4 is 5.32 Å². The first-order chi connectivity index (χ1) is 4.83. The summed E-state index contributed by atoms with van der Waals surface area (Å²) in [6.45, 7) is 0.449. The molecule has 0 saturated carbocycles. The number of aryl methyl sites for hydroxylation is 1. The second kappa shape index (κ2) is 3.00. The highest BCUT2D eigenvalue weighted by Crippen LogP contribution is 1.91. The van der Waals surface area contributed by atoms with Gasteiger partial charge in [0.25, 0.3) is 0 Å². The van der Waals surface area contributed by atoms with Crippen molar-refractivity contribution in [2.75, 3.05) is 0 Å². The van der Waals surface area contributed by atoms with Gasteiger partial charge in [0.15, 0.2) is 0 Å². The van der Waals surface area contributed by atoms with Crippen molar-refractivity contribution in [1.29, 1.82) is 0 Å². The standard InChI is InChI=1S/C6H8N3O/c1-9-3-2-6(8-9)4-7-5-10/h2-3H,4H2,1H3,(H,7,10). The van der Waals surface area contributed by atoms with Crippen LogP contribution >= 0.6 is 0 Å². The molecule has 1 N–H and O–H groups in total. The predicted molar refractivity (Wildman–Crippen MR) is 35.7 cm³/mol. The van der Waals surface area contributed by atoms with Gasteiger partial charge in [-0.25, -0.2) is 0 Å². The first kappa shape index (κ1) is 6.80.